The molecule has 24 heavy (non-hydrogen) atoms. The summed E-state index contributed by atoms with van der Waals surface area (Å²) < 4.78 is 0. The third-order valence-electron chi connectivity index (χ3n) is 4.19. The topological polar surface area (TPSA) is 77.7 Å². The number of nitrogens with one attached hydrogen (secondary N) is 1. The van der Waals surface area contributed by atoms with Gasteiger partial charge in [0.2, 0.25) is 0 Å². The van der Waals surface area contributed by atoms with Gasteiger partial charge in [-0.05, 0) is 24.3 Å². The van der Waals surface area contributed by atoms with E-state index in [4.69, 9.17) is 5.26 Å². The van der Waals surface area contributed by atoms with Crippen molar-refractivity contribution in [2.24, 2.45) is 5.92 Å². The molecule has 1 aliphatic heterocycles. The molecule has 3 heterocycles. The van der Waals surface area contributed by atoms with Crippen LogP contribution in [0.1, 0.15) is 32.0 Å². The highest BCUT2D eigenvalue weighted by molar-refractivity contribution is 5.51. The van der Waals surface area contributed by atoms with Gasteiger partial charge in [-0.25, -0.2) is 4.98 Å². The highest BCUT2D eigenvalue weighted by atomic mass is 15.3. The maximum Gasteiger partial charge on any atom is 0.151 e. The Morgan fingerprint density at radius 3 is 2.67 bits per heavy atom. The second-order valence-electron chi connectivity index (χ2n) is 7.19. The van der Waals surface area contributed by atoms with Crippen molar-refractivity contribution in [1.82, 2.24) is 15.2 Å². The molecule has 3 rings (SSSR count). The molecule has 0 bridgehead atoms. The molecular weight excluding hydrogens is 300 g/mol. The molecule has 1 N–H and O–H groups in total. The van der Waals surface area contributed by atoms with Crippen molar-refractivity contribution >= 4 is 11.6 Å². The smallest absolute Gasteiger partial charge is 0.151 e. The van der Waals surface area contributed by atoms with Gasteiger partial charge in [0.1, 0.15) is 11.9 Å². The van der Waals surface area contributed by atoms with Crippen molar-refractivity contribution in [3.05, 3.63) is 41.7 Å². The largest absolute Gasteiger partial charge is 0.369 e. The van der Waals surface area contributed by atoms with Gasteiger partial charge in [0.15, 0.2) is 5.82 Å². The standard InChI is InChI=1S/C18H22N6/c1-18(2,3)15-6-7-16(23-22-15)24-11-13(12-24)10-21-17-14(9-19)5-4-8-20-17/h4-8,13H,10-12H2,1-3H3,(H,20,21). The second kappa shape index (κ2) is 6.44. The van der Waals surface area contributed by atoms with Gasteiger partial charge in [0.25, 0.3) is 0 Å². The second-order valence-corrected chi connectivity index (χ2v) is 7.19. The van der Waals surface area contributed by atoms with Crippen LogP contribution in [0.3, 0.4) is 0 Å². The lowest BCUT2D eigenvalue weighted by atomic mass is 9.92. The molecule has 2 aromatic rings. The summed E-state index contributed by atoms with van der Waals surface area (Å²) in [6.45, 7) is 9.08. The minimum Gasteiger partial charge on any atom is -0.369 e. The highest BCUT2D eigenvalue weighted by Crippen LogP contribution is 2.25. The maximum atomic E-state index is 9.07. The molecule has 124 valence electrons. The van der Waals surface area contributed by atoms with Crippen molar-refractivity contribution in [3.63, 3.8) is 0 Å². The summed E-state index contributed by atoms with van der Waals surface area (Å²) in [5, 5.41) is 21.0. The molecule has 0 saturated carbocycles. The summed E-state index contributed by atoms with van der Waals surface area (Å²) in [6, 6.07) is 9.80. The van der Waals surface area contributed by atoms with E-state index in [1.165, 1.54) is 0 Å². The summed E-state index contributed by atoms with van der Waals surface area (Å²) in [7, 11) is 0. The van der Waals surface area contributed by atoms with Crippen molar-refractivity contribution < 1.29 is 0 Å². The Labute approximate surface area is 142 Å². The fourth-order valence-corrected chi connectivity index (χ4v) is 2.66. The van der Waals surface area contributed by atoms with E-state index in [9.17, 15) is 0 Å². The molecule has 0 aliphatic carbocycles. The SMILES string of the molecule is CC(C)(C)c1ccc(N2CC(CNc3ncccc3C#N)C2)nn1. The van der Waals surface area contributed by atoms with Crippen LogP contribution in [0.2, 0.25) is 0 Å². The first-order chi connectivity index (χ1) is 11.5. The van der Waals surface area contributed by atoms with Crippen molar-refractivity contribution in [2.75, 3.05) is 29.9 Å². The Balaban J connectivity index is 1.52. The van der Waals surface area contributed by atoms with Crippen molar-refractivity contribution in [3.8, 4) is 6.07 Å². The van der Waals surface area contributed by atoms with Gasteiger partial charge < -0.3 is 10.2 Å². The zero-order valence-corrected chi connectivity index (χ0v) is 14.3. The molecule has 0 radical (unpaired) electrons. The molecule has 0 spiro atoms. The van der Waals surface area contributed by atoms with E-state index >= 15 is 0 Å². The summed E-state index contributed by atoms with van der Waals surface area (Å²) in [6.07, 6.45) is 1.70. The van der Waals surface area contributed by atoms with Crippen molar-refractivity contribution in [2.45, 2.75) is 26.2 Å². The summed E-state index contributed by atoms with van der Waals surface area (Å²) in [4.78, 5) is 6.44. The normalized spacial score (nSPS) is 14.8. The Hall–Kier alpha value is -2.68. The zero-order valence-electron chi connectivity index (χ0n) is 14.3. The lowest BCUT2D eigenvalue weighted by Crippen LogP contribution is -2.50. The molecule has 0 aromatic carbocycles. The first-order valence-corrected chi connectivity index (χ1v) is 8.15. The number of pyridine rings is 1. The van der Waals surface area contributed by atoms with Crippen LogP contribution < -0.4 is 10.2 Å². The summed E-state index contributed by atoms with van der Waals surface area (Å²) in [5.41, 5.74) is 1.61. The maximum absolute atomic E-state index is 9.07. The molecular formula is C18H22N6. The van der Waals surface area contributed by atoms with Gasteiger partial charge in [-0.2, -0.15) is 10.4 Å². The zero-order chi connectivity index (χ0) is 17.2. The van der Waals surface area contributed by atoms with E-state index < -0.39 is 0 Å². The van der Waals surface area contributed by atoms with E-state index in [1.807, 2.05) is 6.07 Å². The minimum atomic E-state index is 0.0219. The molecule has 6 nitrogen and oxygen atoms in total. The molecule has 6 heteroatoms. The molecule has 2 aromatic heterocycles. The Bertz CT molecular complexity index is 735. The number of nitrogens with zero attached hydrogens (tertiary/aromatic N) is 5. The fourth-order valence-electron chi connectivity index (χ4n) is 2.66. The Kier molecular flexibility index (Phi) is 4.34. The van der Waals surface area contributed by atoms with Crippen LogP contribution in [-0.2, 0) is 5.41 Å². The summed E-state index contributed by atoms with van der Waals surface area (Å²) >= 11 is 0. The van der Waals surface area contributed by atoms with E-state index in [1.54, 1.807) is 18.3 Å². The molecule has 0 amide bonds. The van der Waals surface area contributed by atoms with Crippen LogP contribution in [0.15, 0.2) is 30.5 Å². The monoisotopic (exact) mass is 322 g/mol. The fraction of sp³-hybridized carbons (Fsp3) is 0.444. The van der Waals surface area contributed by atoms with Gasteiger partial charge >= 0.3 is 0 Å². The van der Waals surface area contributed by atoms with Crippen LogP contribution >= 0.6 is 0 Å². The van der Waals surface area contributed by atoms with Gasteiger partial charge in [0.05, 0.1) is 11.3 Å². The molecule has 1 aliphatic rings. The number of nitriles is 1. The lowest BCUT2D eigenvalue weighted by Gasteiger charge is -2.40. The first-order valence-electron chi connectivity index (χ1n) is 8.15. The van der Waals surface area contributed by atoms with Crippen LogP contribution in [-0.4, -0.2) is 34.8 Å². The van der Waals surface area contributed by atoms with Crippen molar-refractivity contribution in [1.29, 1.82) is 5.26 Å². The number of hydrogen-bond acceptors (Lipinski definition) is 6. The van der Waals surface area contributed by atoms with E-state index in [2.05, 4.69) is 58.3 Å². The molecule has 1 fully saturated rings. The first kappa shape index (κ1) is 16.2. The Morgan fingerprint density at radius 1 is 1.25 bits per heavy atom. The number of anilines is 2. The van der Waals surface area contributed by atoms with E-state index in [-0.39, 0.29) is 5.41 Å². The summed E-state index contributed by atoms with van der Waals surface area (Å²) in [5.74, 6) is 2.10. The van der Waals surface area contributed by atoms with Crippen LogP contribution in [0.25, 0.3) is 0 Å². The highest BCUT2D eigenvalue weighted by Gasteiger charge is 2.28. The lowest BCUT2D eigenvalue weighted by molar-refractivity contribution is 0.424. The predicted molar refractivity (Wildman–Crippen MR) is 93.9 cm³/mol. The van der Waals surface area contributed by atoms with Crippen LogP contribution in [0, 0.1) is 17.2 Å². The average Bonchev–Trinajstić information content (AvgIpc) is 2.53. The number of rotatable bonds is 4. The van der Waals surface area contributed by atoms with E-state index in [0.29, 0.717) is 17.3 Å². The van der Waals surface area contributed by atoms with Gasteiger partial charge in [0, 0.05) is 37.2 Å². The predicted octanol–water partition coefficient (Wildman–Crippen LogP) is 2.59. The minimum absolute atomic E-state index is 0.0219. The number of aromatic nitrogens is 3. The van der Waals surface area contributed by atoms with Gasteiger partial charge in [-0.1, -0.05) is 20.8 Å². The third-order valence-corrected chi connectivity index (χ3v) is 4.19. The Morgan fingerprint density at radius 2 is 2.04 bits per heavy atom. The molecule has 1 saturated heterocycles. The van der Waals surface area contributed by atoms with Gasteiger partial charge in [-0.3, -0.25) is 0 Å². The quantitative estimate of drug-likeness (QED) is 0.932. The number of hydrogen-bond donors (Lipinski definition) is 1. The van der Waals surface area contributed by atoms with Crippen LogP contribution in [0.5, 0.6) is 0 Å². The third kappa shape index (κ3) is 3.46. The molecule has 0 unspecified atom stereocenters. The average molecular weight is 322 g/mol. The van der Waals surface area contributed by atoms with Gasteiger partial charge in [-0.15, -0.1) is 5.10 Å². The van der Waals surface area contributed by atoms with Crippen LogP contribution in [0.4, 0.5) is 11.6 Å². The molecule has 0 atom stereocenters. The van der Waals surface area contributed by atoms with E-state index in [0.717, 1.165) is 31.1 Å².